The molecule has 1 rings (SSSR count). The maximum Gasteiger partial charge on any atom is 0.0114 e. The predicted octanol–water partition coefficient (Wildman–Crippen LogP) is 1.76. The molecule has 0 aromatic rings. The molecule has 0 aliphatic heterocycles. The molecule has 1 aliphatic carbocycles. The fraction of sp³-hybridized carbons (Fsp3) is 0.800. The molecule has 0 spiro atoms. The van der Waals surface area contributed by atoms with E-state index in [0.717, 1.165) is 5.70 Å². The van der Waals surface area contributed by atoms with Crippen molar-refractivity contribution in [2.45, 2.75) is 39.0 Å². The third-order valence-corrected chi connectivity index (χ3v) is 2.82. The lowest BCUT2D eigenvalue weighted by molar-refractivity contribution is 0.492. The third-order valence-electron chi connectivity index (χ3n) is 2.82. The Labute approximate surface area is 75.0 Å². The minimum Gasteiger partial charge on any atom is -0.402 e. The maximum atomic E-state index is 6.00. The summed E-state index contributed by atoms with van der Waals surface area (Å²) in [5.41, 5.74) is 14.1. The highest BCUT2D eigenvalue weighted by Crippen LogP contribution is 2.23. The molecule has 70 valence electrons. The number of rotatable bonds is 1. The molecule has 2 nitrogen and oxygen atoms in total. The summed E-state index contributed by atoms with van der Waals surface area (Å²) in [6, 6.07) is 0. The summed E-state index contributed by atoms with van der Waals surface area (Å²) >= 11 is 0. The van der Waals surface area contributed by atoms with Crippen molar-refractivity contribution in [3.63, 3.8) is 0 Å². The molecule has 0 bridgehead atoms. The Morgan fingerprint density at radius 2 is 2.08 bits per heavy atom. The molecule has 0 saturated heterocycles. The highest BCUT2D eigenvalue weighted by molar-refractivity contribution is 5.12. The van der Waals surface area contributed by atoms with E-state index in [1.807, 2.05) is 0 Å². The van der Waals surface area contributed by atoms with Crippen LogP contribution >= 0.6 is 0 Å². The van der Waals surface area contributed by atoms with Gasteiger partial charge in [-0.25, -0.2) is 0 Å². The van der Waals surface area contributed by atoms with Crippen LogP contribution in [0.5, 0.6) is 0 Å². The van der Waals surface area contributed by atoms with E-state index in [0.29, 0.717) is 12.5 Å². The summed E-state index contributed by atoms with van der Waals surface area (Å²) in [5, 5.41) is 0. The fourth-order valence-electron chi connectivity index (χ4n) is 1.85. The van der Waals surface area contributed by atoms with Crippen molar-refractivity contribution in [3.8, 4) is 0 Å². The van der Waals surface area contributed by atoms with Gasteiger partial charge in [0.1, 0.15) is 0 Å². The van der Waals surface area contributed by atoms with E-state index >= 15 is 0 Å². The van der Waals surface area contributed by atoms with E-state index in [1.54, 1.807) is 0 Å². The lowest BCUT2D eigenvalue weighted by atomic mass is 9.90. The summed E-state index contributed by atoms with van der Waals surface area (Å²) in [7, 11) is 0. The minimum atomic E-state index is 0.449. The van der Waals surface area contributed by atoms with Crippen LogP contribution < -0.4 is 11.5 Å². The molecule has 12 heavy (non-hydrogen) atoms. The zero-order chi connectivity index (χ0) is 8.97. The van der Waals surface area contributed by atoms with E-state index in [-0.39, 0.29) is 0 Å². The number of allylic oxidation sites excluding steroid dienone is 1. The van der Waals surface area contributed by atoms with Gasteiger partial charge in [-0.1, -0.05) is 18.4 Å². The molecule has 1 atom stereocenters. The Morgan fingerprint density at radius 1 is 1.33 bits per heavy atom. The van der Waals surface area contributed by atoms with Crippen LogP contribution in [0.1, 0.15) is 39.0 Å². The second-order valence-electron chi connectivity index (χ2n) is 3.77. The first-order valence-corrected chi connectivity index (χ1v) is 4.91. The van der Waals surface area contributed by atoms with Crippen molar-refractivity contribution in [1.82, 2.24) is 0 Å². The Kier molecular flexibility index (Phi) is 3.60. The lowest BCUT2D eigenvalue weighted by Crippen LogP contribution is -2.23. The molecule has 0 radical (unpaired) electrons. The van der Waals surface area contributed by atoms with E-state index in [9.17, 15) is 0 Å². The summed E-state index contributed by atoms with van der Waals surface area (Å²) in [6.45, 7) is 2.85. The summed E-state index contributed by atoms with van der Waals surface area (Å²) < 4.78 is 0. The van der Waals surface area contributed by atoms with Gasteiger partial charge in [-0.2, -0.15) is 0 Å². The van der Waals surface area contributed by atoms with Crippen LogP contribution in [-0.2, 0) is 0 Å². The Hall–Kier alpha value is -0.500. The van der Waals surface area contributed by atoms with Crippen molar-refractivity contribution in [1.29, 1.82) is 0 Å². The van der Waals surface area contributed by atoms with Gasteiger partial charge >= 0.3 is 0 Å². The van der Waals surface area contributed by atoms with E-state index in [2.05, 4.69) is 6.92 Å². The molecule has 0 saturated carbocycles. The van der Waals surface area contributed by atoms with Crippen LogP contribution in [0.2, 0.25) is 0 Å². The summed E-state index contributed by atoms with van der Waals surface area (Å²) in [6.07, 6.45) is 6.27. The van der Waals surface area contributed by atoms with Gasteiger partial charge in [-0.3, -0.25) is 0 Å². The van der Waals surface area contributed by atoms with Gasteiger partial charge in [-0.15, -0.1) is 0 Å². The lowest BCUT2D eigenvalue weighted by Gasteiger charge is -2.20. The minimum absolute atomic E-state index is 0.449. The zero-order valence-corrected chi connectivity index (χ0v) is 7.97. The first kappa shape index (κ1) is 9.59. The Morgan fingerprint density at radius 3 is 2.75 bits per heavy atom. The van der Waals surface area contributed by atoms with Gasteiger partial charge in [0.15, 0.2) is 0 Å². The van der Waals surface area contributed by atoms with Crippen molar-refractivity contribution in [3.05, 3.63) is 11.3 Å². The van der Waals surface area contributed by atoms with Crippen LogP contribution in [0.25, 0.3) is 0 Å². The summed E-state index contributed by atoms with van der Waals surface area (Å²) in [4.78, 5) is 0. The SMILES string of the molecule is C/C1=C(\N)C(CN)CCCCC1. The van der Waals surface area contributed by atoms with Crippen molar-refractivity contribution >= 4 is 0 Å². The van der Waals surface area contributed by atoms with Crippen molar-refractivity contribution in [2.24, 2.45) is 17.4 Å². The molecule has 0 fully saturated rings. The molecular weight excluding hydrogens is 148 g/mol. The van der Waals surface area contributed by atoms with Crippen LogP contribution in [0.4, 0.5) is 0 Å². The van der Waals surface area contributed by atoms with Gasteiger partial charge in [0.05, 0.1) is 0 Å². The van der Waals surface area contributed by atoms with Crippen LogP contribution in [0.15, 0.2) is 11.3 Å². The standard InChI is InChI=1S/C10H20N2/c1-8-5-3-2-4-6-9(7-11)10(8)12/h9H,2-7,11-12H2,1H3/b10-8+. The maximum absolute atomic E-state index is 6.00. The Bertz CT molecular complexity index is 173. The van der Waals surface area contributed by atoms with Crippen LogP contribution in [0.3, 0.4) is 0 Å². The average molecular weight is 168 g/mol. The zero-order valence-electron chi connectivity index (χ0n) is 7.97. The number of nitrogens with two attached hydrogens (primary N) is 2. The second-order valence-corrected chi connectivity index (χ2v) is 3.77. The first-order chi connectivity index (χ1) is 5.75. The molecule has 1 aliphatic rings. The van der Waals surface area contributed by atoms with Gasteiger partial charge in [0.25, 0.3) is 0 Å². The van der Waals surface area contributed by atoms with E-state index < -0.39 is 0 Å². The molecule has 0 heterocycles. The second kappa shape index (κ2) is 4.51. The monoisotopic (exact) mass is 168 g/mol. The highest BCUT2D eigenvalue weighted by atomic mass is 14.7. The molecule has 1 unspecified atom stereocenters. The van der Waals surface area contributed by atoms with Crippen LogP contribution in [-0.4, -0.2) is 6.54 Å². The highest BCUT2D eigenvalue weighted by Gasteiger charge is 2.14. The fourth-order valence-corrected chi connectivity index (χ4v) is 1.85. The molecule has 0 amide bonds. The van der Waals surface area contributed by atoms with Gasteiger partial charge in [0.2, 0.25) is 0 Å². The predicted molar refractivity (Wildman–Crippen MR) is 52.5 cm³/mol. The third kappa shape index (κ3) is 2.24. The average Bonchev–Trinajstić information content (AvgIpc) is 2.07. The largest absolute Gasteiger partial charge is 0.402 e. The topological polar surface area (TPSA) is 52.0 Å². The van der Waals surface area contributed by atoms with E-state index in [4.69, 9.17) is 11.5 Å². The van der Waals surface area contributed by atoms with Gasteiger partial charge in [-0.05, 0) is 26.2 Å². The smallest absolute Gasteiger partial charge is 0.0114 e. The molecular formula is C10H20N2. The van der Waals surface area contributed by atoms with E-state index in [1.165, 1.54) is 37.7 Å². The van der Waals surface area contributed by atoms with Gasteiger partial charge < -0.3 is 11.5 Å². The first-order valence-electron chi connectivity index (χ1n) is 4.91. The van der Waals surface area contributed by atoms with Crippen molar-refractivity contribution in [2.75, 3.05) is 6.54 Å². The van der Waals surface area contributed by atoms with Crippen LogP contribution in [0, 0.1) is 5.92 Å². The summed E-state index contributed by atoms with van der Waals surface area (Å²) in [5.74, 6) is 0.449. The molecule has 0 aromatic carbocycles. The molecule has 2 heteroatoms. The molecule has 0 aromatic heterocycles. The number of hydrogen-bond donors (Lipinski definition) is 2. The van der Waals surface area contributed by atoms with Gasteiger partial charge in [0, 0.05) is 18.2 Å². The number of hydrogen-bond acceptors (Lipinski definition) is 2. The van der Waals surface area contributed by atoms with Crippen molar-refractivity contribution < 1.29 is 0 Å². The normalized spacial score (nSPS) is 32.7. The Balaban J connectivity index is 2.69. The molecule has 4 N–H and O–H groups in total. The quantitative estimate of drug-likeness (QED) is 0.627.